The van der Waals surface area contributed by atoms with Crippen molar-refractivity contribution in [3.05, 3.63) is 28.5 Å². The van der Waals surface area contributed by atoms with Crippen LogP contribution in [0.5, 0.6) is 0 Å². The molecule has 0 atom stereocenters. The molecule has 0 saturated carbocycles. The molecule has 158 valence electrons. The predicted octanol–water partition coefficient (Wildman–Crippen LogP) is 3.18. The molecule has 1 aromatic carbocycles. The van der Waals surface area contributed by atoms with Gasteiger partial charge in [0.05, 0.1) is 6.04 Å². The van der Waals surface area contributed by atoms with E-state index in [9.17, 15) is 43.9 Å². The molecule has 28 heavy (non-hydrogen) atoms. The lowest BCUT2D eigenvalue weighted by molar-refractivity contribution is -0.308. The third-order valence-electron chi connectivity index (χ3n) is 3.46. The number of carbonyl (C=O) groups is 1. The summed E-state index contributed by atoms with van der Waals surface area (Å²) in [4.78, 5) is 11.2. The average Bonchev–Trinajstić information content (AvgIpc) is 2.45. The van der Waals surface area contributed by atoms with E-state index in [4.69, 9.17) is 0 Å². The number of likely N-dealkylation sites (tertiary alicyclic amines) is 1. The van der Waals surface area contributed by atoms with E-state index in [2.05, 4.69) is 20.7 Å². The third-order valence-corrected chi connectivity index (χ3v) is 5.51. The lowest BCUT2D eigenvalue weighted by atomic mass is 10.1. The number of benzene rings is 1. The molecule has 1 aliphatic heterocycles. The number of hydrogen-bond donors (Lipinski definition) is 1. The number of ether oxygens (including phenoxy) is 1. The molecule has 6 nitrogen and oxygen atoms in total. The minimum atomic E-state index is -5.86. The molecule has 0 radical (unpaired) electrons. The number of nitrogens with one attached hydrogen (secondary N) is 1. The highest BCUT2D eigenvalue weighted by molar-refractivity contribution is 9.10. The number of halogens is 8. The zero-order valence-electron chi connectivity index (χ0n) is 13.3. The van der Waals surface area contributed by atoms with Gasteiger partial charge in [-0.25, -0.2) is 22.3 Å². The maximum atomic E-state index is 13.7. The minimum Gasteiger partial charge on any atom is -0.426 e. The van der Waals surface area contributed by atoms with Crippen LogP contribution < -0.4 is 4.72 Å². The number of nitrogens with zero attached hydrogens (tertiary/aromatic N) is 1. The maximum Gasteiger partial charge on any atom is 0.434 e. The Hall–Kier alpha value is -1.61. The fraction of sp³-hybridized carbons (Fsp3) is 0.462. The van der Waals surface area contributed by atoms with Gasteiger partial charge in [0, 0.05) is 17.6 Å². The van der Waals surface area contributed by atoms with Crippen LogP contribution in [0, 0.1) is 5.82 Å². The Morgan fingerprint density at radius 1 is 1.18 bits per heavy atom. The summed E-state index contributed by atoms with van der Waals surface area (Å²) in [5.41, 5.74) is 0. The fourth-order valence-electron chi connectivity index (χ4n) is 2.17. The van der Waals surface area contributed by atoms with Crippen LogP contribution in [0.15, 0.2) is 27.6 Å². The minimum absolute atomic E-state index is 0.269. The second kappa shape index (κ2) is 7.67. The van der Waals surface area contributed by atoms with E-state index in [0.717, 1.165) is 12.1 Å². The van der Waals surface area contributed by atoms with Crippen molar-refractivity contribution in [2.24, 2.45) is 0 Å². The molecule has 0 bridgehead atoms. The van der Waals surface area contributed by atoms with Crippen molar-refractivity contribution in [2.75, 3.05) is 13.1 Å². The van der Waals surface area contributed by atoms with Gasteiger partial charge in [0.25, 0.3) is 6.10 Å². The van der Waals surface area contributed by atoms with Crippen molar-refractivity contribution in [3.63, 3.8) is 0 Å². The number of hydrogen-bond acceptors (Lipinski definition) is 4. The highest BCUT2D eigenvalue weighted by Crippen LogP contribution is 2.36. The van der Waals surface area contributed by atoms with E-state index in [1.165, 1.54) is 6.07 Å². The summed E-state index contributed by atoms with van der Waals surface area (Å²) in [7, 11) is -4.37. The Kier molecular flexibility index (Phi) is 6.21. The zero-order valence-corrected chi connectivity index (χ0v) is 15.7. The number of carbonyl (C=O) groups excluding carboxylic acids is 1. The monoisotopic (exact) mass is 502 g/mol. The van der Waals surface area contributed by atoms with E-state index < -0.39 is 64.4 Å². The van der Waals surface area contributed by atoms with E-state index in [-0.39, 0.29) is 4.47 Å². The van der Waals surface area contributed by atoms with Gasteiger partial charge in [0.2, 0.25) is 10.0 Å². The van der Waals surface area contributed by atoms with Crippen LogP contribution >= 0.6 is 15.9 Å². The summed E-state index contributed by atoms with van der Waals surface area (Å²) in [5.74, 6) is -1.09. The van der Waals surface area contributed by atoms with Gasteiger partial charge >= 0.3 is 18.4 Å². The normalized spacial score (nSPS) is 16.2. The average molecular weight is 503 g/mol. The lowest BCUT2D eigenvalue weighted by Gasteiger charge is -2.39. The standard InChI is InChI=1S/C13H10BrF7N2O4S/c14-6-1-2-9(8(15)3-6)28(25,26)22-7-4-23(5-7)11(24)27-10(12(16,17)18)13(19,20)21/h1-3,7,10,22H,4-5H2. The molecule has 1 aliphatic rings. The van der Waals surface area contributed by atoms with Crippen LogP contribution in [0.3, 0.4) is 0 Å². The lowest BCUT2D eigenvalue weighted by Crippen LogP contribution is -2.62. The fourth-order valence-corrected chi connectivity index (χ4v) is 3.78. The molecule has 1 N–H and O–H groups in total. The molecule has 0 aliphatic carbocycles. The summed E-state index contributed by atoms with van der Waals surface area (Å²) >= 11 is 2.94. The molecule has 0 spiro atoms. The van der Waals surface area contributed by atoms with Crippen LogP contribution in [0.1, 0.15) is 0 Å². The third kappa shape index (κ3) is 5.26. The summed E-state index contributed by atoms with van der Waals surface area (Å²) in [6.07, 6.45) is -17.9. The first-order valence-corrected chi connectivity index (χ1v) is 9.45. The first-order chi connectivity index (χ1) is 12.6. The Bertz CT molecular complexity index is 839. The summed E-state index contributed by atoms with van der Waals surface area (Å²) in [5, 5.41) is 0. The SMILES string of the molecule is O=C(OC(C(F)(F)F)C(F)(F)F)N1CC(NS(=O)(=O)c2ccc(Br)cc2F)C1. The largest absolute Gasteiger partial charge is 0.434 e. The van der Waals surface area contributed by atoms with Gasteiger partial charge in [0.1, 0.15) is 10.7 Å². The molecular weight excluding hydrogens is 493 g/mol. The number of alkyl halides is 6. The number of rotatable bonds is 4. The van der Waals surface area contributed by atoms with E-state index >= 15 is 0 Å². The first kappa shape index (κ1) is 22.7. The number of amides is 1. The van der Waals surface area contributed by atoms with Gasteiger partial charge in [-0.1, -0.05) is 15.9 Å². The first-order valence-electron chi connectivity index (χ1n) is 7.17. The molecular formula is C13H10BrF7N2O4S. The molecule has 1 amide bonds. The molecule has 1 fully saturated rings. The topological polar surface area (TPSA) is 75.7 Å². The van der Waals surface area contributed by atoms with E-state index in [0.29, 0.717) is 4.90 Å². The van der Waals surface area contributed by atoms with E-state index in [1.807, 2.05) is 4.72 Å². The zero-order chi connectivity index (χ0) is 21.5. The summed E-state index contributed by atoms with van der Waals surface area (Å²) in [6.45, 7) is -1.11. The van der Waals surface area contributed by atoms with Gasteiger partial charge in [-0.2, -0.15) is 26.3 Å². The summed E-state index contributed by atoms with van der Waals surface area (Å²) < 4.78 is 118. The second-order valence-electron chi connectivity index (χ2n) is 5.64. The second-order valence-corrected chi connectivity index (χ2v) is 8.24. The van der Waals surface area contributed by atoms with Crippen LogP contribution in [-0.4, -0.2) is 57.0 Å². The van der Waals surface area contributed by atoms with Crippen LogP contribution in [0.2, 0.25) is 0 Å². The van der Waals surface area contributed by atoms with Crippen molar-refractivity contribution in [2.45, 2.75) is 29.4 Å². The molecule has 1 saturated heterocycles. The molecule has 2 rings (SSSR count). The van der Waals surface area contributed by atoms with Crippen LogP contribution in [0.4, 0.5) is 35.5 Å². The Balaban J connectivity index is 1.97. The smallest absolute Gasteiger partial charge is 0.426 e. The maximum absolute atomic E-state index is 13.7. The van der Waals surface area contributed by atoms with Crippen LogP contribution in [0.25, 0.3) is 0 Å². The van der Waals surface area contributed by atoms with Gasteiger partial charge in [-0.3, -0.25) is 0 Å². The van der Waals surface area contributed by atoms with Crippen molar-refractivity contribution in [1.82, 2.24) is 9.62 Å². The van der Waals surface area contributed by atoms with Gasteiger partial charge in [-0.15, -0.1) is 0 Å². The molecule has 15 heteroatoms. The van der Waals surface area contributed by atoms with Gasteiger partial charge in [-0.05, 0) is 18.2 Å². The number of sulfonamides is 1. The van der Waals surface area contributed by atoms with Crippen molar-refractivity contribution in [3.8, 4) is 0 Å². The van der Waals surface area contributed by atoms with Crippen molar-refractivity contribution < 1.29 is 48.7 Å². The van der Waals surface area contributed by atoms with E-state index in [1.54, 1.807) is 0 Å². The van der Waals surface area contributed by atoms with Crippen LogP contribution in [-0.2, 0) is 14.8 Å². The molecule has 0 aromatic heterocycles. The highest BCUT2D eigenvalue weighted by atomic mass is 79.9. The Morgan fingerprint density at radius 3 is 2.18 bits per heavy atom. The predicted molar refractivity (Wildman–Crippen MR) is 82.2 cm³/mol. The van der Waals surface area contributed by atoms with Gasteiger partial charge in [0.15, 0.2) is 0 Å². The Morgan fingerprint density at radius 2 is 1.71 bits per heavy atom. The highest BCUT2D eigenvalue weighted by Gasteiger charge is 2.60. The van der Waals surface area contributed by atoms with Crippen molar-refractivity contribution >= 4 is 32.0 Å². The quantitative estimate of drug-likeness (QED) is 0.641. The molecule has 0 unspecified atom stereocenters. The van der Waals surface area contributed by atoms with Crippen molar-refractivity contribution in [1.29, 1.82) is 0 Å². The molecule has 1 heterocycles. The summed E-state index contributed by atoms with van der Waals surface area (Å²) in [6, 6.07) is 2.03. The molecule has 1 aromatic rings. The Labute approximate surface area is 161 Å². The van der Waals surface area contributed by atoms with Gasteiger partial charge < -0.3 is 9.64 Å².